The van der Waals surface area contributed by atoms with Crippen molar-refractivity contribution < 1.29 is 5.11 Å². The van der Waals surface area contributed by atoms with Gasteiger partial charge in [0.05, 0.1) is 0 Å². The molecule has 0 heterocycles. The van der Waals surface area contributed by atoms with E-state index in [9.17, 15) is 5.11 Å². The molecule has 2 heteroatoms. The minimum absolute atomic E-state index is 0.196. The third kappa shape index (κ3) is 3.59. The summed E-state index contributed by atoms with van der Waals surface area (Å²) in [7, 11) is 0. The third-order valence-electron chi connectivity index (χ3n) is 5.40. The third-order valence-corrected chi connectivity index (χ3v) is 5.40. The van der Waals surface area contributed by atoms with Crippen LogP contribution in [0, 0.1) is 6.92 Å². The first-order chi connectivity index (χ1) is 13.6. The van der Waals surface area contributed by atoms with Crippen LogP contribution in [0.1, 0.15) is 35.2 Å². The molecular weight excluding hydrogens is 342 g/mol. The molecular formula is C26H25NO. The van der Waals surface area contributed by atoms with Crippen molar-refractivity contribution in [3.05, 3.63) is 107 Å². The van der Waals surface area contributed by atoms with Gasteiger partial charge in [0.15, 0.2) is 0 Å². The summed E-state index contributed by atoms with van der Waals surface area (Å²) in [6.07, 6.45) is 0.679. The molecule has 0 unspecified atom stereocenters. The number of benzene rings is 4. The van der Waals surface area contributed by atoms with Crippen LogP contribution in [-0.2, 0) is 6.42 Å². The molecule has 4 aromatic rings. The molecule has 28 heavy (non-hydrogen) atoms. The van der Waals surface area contributed by atoms with Gasteiger partial charge in [-0.2, -0.15) is 0 Å². The van der Waals surface area contributed by atoms with Gasteiger partial charge in [-0.1, -0.05) is 78.9 Å². The fourth-order valence-corrected chi connectivity index (χ4v) is 3.82. The highest BCUT2D eigenvalue weighted by atomic mass is 16.3. The summed E-state index contributed by atoms with van der Waals surface area (Å²) in [5.74, 6) is 0.349. The summed E-state index contributed by atoms with van der Waals surface area (Å²) < 4.78 is 0. The number of anilines is 1. The lowest BCUT2D eigenvalue weighted by atomic mass is 9.95. The van der Waals surface area contributed by atoms with Gasteiger partial charge < -0.3 is 10.4 Å². The summed E-state index contributed by atoms with van der Waals surface area (Å²) in [6, 6.07) is 29.0. The summed E-state index contributed by atoms with van der Waals surface area (Å²) in [5, 5.41) is 16.5. The fraction of sp³-hybridized carbons (Fsp3) is 0.154. The number of rotatable bonds is 5. The van der Waals surface area contributed by atoms with Gasteiger partial charge in [-0.15, -0.1) is 0 Å². The molecule has 2 N–H and O–H groups in total. The summed E-state index contributed by atoms with van der Waals surface area (Å²) in [4.78, 5) is 0. The number of phenolic OH excluding ortho intramolecular Hbond substituents is 1. The molecule has 140 valence electrons. The molecule has 0 aliphatic carbocycles. The van der Waals surface area contributed by atoms with Crippen molar-refractivity contribution in [2.24, 2.45) is 0 Å². The second-order valence-corrected chi connectivity index (χ2v) is 7.35. The van der Waals surface area contributed by atoms with Crippen LogP contribution in [0.2, 0.25) is 0 Å². The van der Waals surface area contributed by atoms with Crippen molar-refractivity contribution in [3.63, 3.8) is 0 Å². The molecule has 0 aliphatic heterocycles. The number of hydrogen-bond acceptors (Lipinski definition) is 2. The van der Waals surface area contributed by atoms with Crippen molar-refractivity contribution >= 4 is 16.5 Å². The lowest BCUT2D eigenvalue weighted by Crippen LogP contribution is -2.10. The Hall–Kier alpha value is -3.26. The Morgan fingerprint density at radius 3 is 2.39 bits per heavy atom. The zero-order chi connectivity index (χ0) is 19.5. The van der Waals surface area contributed by atoms with Crippen molar-refractivity contribution in [1.29, 1.82) is 0 Å². The highest BCUT2D eigenvalue weighted by molar-refractivity contribution is 5.88. The highest BCUT2D eigenvalue weighted by Crippen LogP contribution is 2.33. The number of fused-ring (bicyclic) bond motifs is 1. The number of aromatic hydroxyl groups is 1. The van der Waals surface area contributed by atoms with E-state index in [1.807, 2.05) is 24.3 Å². The molecule has 0 aliphatic rings. The van der Waals surface area contributed by atoms with Gasteiger partial charge in [-0.25, -0.2) is 0 Å². The summed E-state index contributed by atoms with van der Waals surface area (Å²) in [6.45, 7) is 4.31. The lowest BCUT2D eigenvalue weighted by Gasteiger charge is -2.21. The minimum Gasteiger partial charge on any atom is -0.508 e. The first kappa shape index (κ1) is 18.1. The van der Waals surface area contributed by atoms with E-state index in [2.05, 4.69) is 73.8 Å². The van der Waals surface area contributed by atoms with E-state index < -0.39 is 0 Å². The Morgan fingerprint density at radius 1 is 0.821 bits per heavy atom. The molecule has 1 atom stereocenters. The number of phenols is 1. The van der Waals surface area contributed by atoms with Crippen LogP contribution < -0.4 is 5.32 Å². The molecule has 4 rings (SSSR count). The molecule has 0 radical (unpaired) electrons. The second kappa shape index (κ2) is 7.77. The first-order valence-electron chi connectivity index (χ1n) is 9.73. The molecule has 2 nitrogen and oxygen atoms in total. The Balaban J connectivity index is 1.72. The maximum Gasteiger partial charge on any atom is 0.119 e. The molecule has 0 saturated heterocycles. The smallest absolute Gasteiger partial charge is 0.119 e. The predicted molar refractivity (Wildman–Crippen MR) is 118 cm³/mol. The van der Waals surface area contributed by atoms with Crippen LogP contribution in [-0.4, -0.2) is 5.11 Å². The summed E-state index contributed by atoms with van der Waals surface area (Å²) in [5.41, 5.74) is 5.77. The number of hydrogen-bond donors (Lipinski definition) is 2. The van der Waals surface area contributed by atoms with E-state index in [0.29, 0.717) is 12.2 Å². The van der Waals surface area contributed by atoms with Gasteiger partial charge in [-0.05, 0) is 47.4 Å². The molecule has 0 fully saturated rings. The van der Waals surface area contributed by atoms with Crippen LogP contribution >= 0.6 is 0 Å². The van der Waals surface area contributed by atoms with Crippen LogP contribution in [0.15, 0.2) is 84.9 Å². The van der Waals surface area contributed by atoms with Crippen molar-refractivity contribution in [2.45, 2.75) is 26.3 Å². The topological polar surface area (TPSA) is 32.3 Å². The van der Waals surface area contributed by atoms with E-state index in [1.165, 1.54) is 16.7 Å². The number of para-hydroxylation sites is 1. The van der Waals surface area contributed by atoms with E-state index in [0.717, 1.165) is 22.0 Å². The maximum atomic E-state index is 10.6. The Labute approximate surface area is 166 Å². The van der Waals surface area contributed by atoms with Crippen LogP contribution in [0.4, 0.5) is 5.69 Å². The fourth-order valence-electron chi connectivity index (χ4n) is 3.82. The minimum atomic E-state index is 0.196. The molecule has 0 amide bonds. The largest absolute Gasteiger partial charge is 0.508 e. The molecule has 0 bridgehead atoms. The van der Waals surface area contributed by atoms with Gasteiger partial charge in [0, 0.05) is 23.7 Å². The normalized spacial score (nSPS) is 12.1. The number of nitrogens with one attached hydrogen (secondary N) is 1. The van der Waals surface area contributed by atoms with Gasteiger partial charge in [-0.3, -0.25) is 0 Å². The second-order valence-electron chi connectivity index (χ2n) is 7.35. The van der Waals surface area contributed by atoms with Crippen molar-refractivity contribution in [1.82, 2.24) is 0 Å². The quantitative estimate of drug-likeness (QED) is 0.415. The zero-order valence-corrected chi connectivity index (χ0v) is 16.3. The monoisotopic (exact) mass is 367 g/mol. The van der Waals surface area contributed by atoms with Gasteiger partial charge in [0.1, 0.15) is 5.75 Å². The van der Waals surface area contributed by atoms with E-state index >= 15 is 0 Å². The molecule has 0 saturated carbocycles. The molecule has 0 spiro atoms. The van der Waals surface area contributed by atoms with E-state index in [4.69, 9.17) is 0 Å². The van der Waals surface area contributed by atoms with E-state index in [1.54, 1.807) is 6.07 Å². The van der Waals surface area contributed by atoms with Crippen LogP contribution in [0.25, 0.3) is 10.8 Å². The van der Waals surface area contributed by atoms with Crippen molar-refractivity contribution in [3.8, 4) is 5.75 Å². The van der Waals surface area contributed by atoms with Crippen LogP contribution in [0.5, 0.6) is 5.75 Å². The van der Waals surface area contributed by atoms with Gasteiger partial charge >= 0.3 is 0 Å². The SMILES string of the molecule is Cc1cccc(Cc2c(O)ccc3ccccc23)c1N[C@@H](C)c1ccccc1. The van der Waals surface area contributed by atoms with Crippen LogP contribution in [0.3, 0.4) is 0 Å². The van der Waals surface area contributed by atoms with Gasteiger partial charge in [0.25, 0.3) is 0 Å². The van der Waals surface area contributed by atoms with Crippen molar-refractivity contribution in [2.75, 3.05) is 5.32 Å². The Morgan fingerprint density at radius 2 is 1.57 bits per heavy atom. The Kier molecular flexibility index (Phi) is 5.03. The molecule has 4 aromatic carbocycles. The predicted octanol–water partition coefficient (Wildman–Crippen LogP) is 6.62. The first-order valence-corrected chi connectivity index (χ1v) is 9.73. The Bertz CT molecular complexity index is 1100. The highest BCUT2D eigenvalue weighted by Gasteiger charge is 2.14. The van der Waals surface area contributed by atoms with Gasteiger partial charge in [0.2, 0.25) is 0 Å². The standard InChI is InChI=1S/C26H25NO/c1-18-9-8-13-22(26(18)27-19(2)20-10-4-3-5-11-20)17-24-23-14-7-6-12-21(23)15-16-25(24)28/h3-16,19,27-28H,17H2,1-2H3/t19-/m0/s1. The zero-order valence-electron chi connectivity index (χ0n) is 16.3. The van der Waals surface area contributed by atoms with E-state index in [-0.39, 0.29) is 6.04 Å². The maximum absolute atomic E-state index is 10.6. The summed E-state index contributed by atoms with van der Waals surface area (Å²) >= 11 is 0. The number of aryl methyl sites for hydroxylation is 1. The lowest BCUT2D eigenvalue weighted by molar-refractivity contribution is 0.470. The average Bonchev–Trinajstić information content (AvgIpc) is 2.73. The molecule has 0 aromatic heterocycles. The average molecular weight is 367 g/mol.